The molecule has 6 nitrogen and oxygen atoms in total. The molecule has 0 bridgehead atoms. The highest BCUT2D eigenvalue weighted by molar-refractivity contribution is 6.39. The predicted molar refractivity (Wildman–Crippen MR) is 132 cm³/mol. The number of hydrogen-bond donors (Lipinski definition) is 2. The van der Waals surface area contributed by atoms with Crippen molar-refractivity contribution < 1.29 is 32.6 Å². The molecule has 4 aromatic rings. The Morgan fingerprint density at radius 1 is 1.00 bits per heavy atom. The second kappa shape index (κ2) is 10.8. The van der Waals surface area contributed by atoms with E-state index in [1.165, 1.54) is 18.3 Å². The SMILES string of the molecule is COC(=O)[C@@H](NC(=O)c1c(F)cccc1F)[C@@H](O)c1ccc(-c2c(Cl)cc(F)cc2Cl)c2ncccc12. The largest absolute Gasteiger partial charge is 0.467 e. The van der Waals surface area contributed by atoms with Gasteiger partial charge in [0.1, 0.15) is 29.1 Å². The van der Waals surface area contributed by atoms with E-state index >= 15 is 0 Å². The minimum Gasteiger partial charge on any atom is -0.467 e. The maximum Gasteiger partial charge on any atom is 0.331 e. The zero-order chi connectivity index (χ0) is 26.9. The van der Waals surface area contributed by atoms with Gasteiger partial charge in [-0.2, -0.15) is 0 Å². The number of esters is 1. The summed E-state index contributed by atoms with van der Waals surface area (Å²) in [6.45, 7) is 0. The normalized spacial score (nSPS) is 12.7. The number of benzene rings is 3. The zero-order valence-electron chi connectivity index (χ0n) is 18.9. The van der Waals surface area contributed by atoms with Gasteiger partial charge in [-0.15, -0.1) is 0 Å². The monoisotopic (exact) mass is 548 g/mol. The number of carbonyl (C=O) groups excluding carboxylic acids is 2. The Labute approximate surface area is 218 Å². The van der Waals surface area contributed by atoms with Crippen molar-refractivity contribution in [1.29, 1.82) is 0 Å². The molecule has 2 N–H and O–H groups in total. The Bertz CT molecular complexity index is 1490. The van der Waals surface area contributed by atoms with E-state index in [0.717, 1.165) is 37.4 Å². The van der Waals surface area contributed by atoms with Gasteiger partial charge in [-0.25, -0.2) is 18.0 Å². The van der Waals surface area contributed by atoms with Crippen molar-refractivity contribution in [3.05, 3.63) is 99.4 Å². The quantitative estimate of drug-likeness (QED) is 0.305. The number of rotatable bonds is 6. The van der Waals surface area contributed by atoms with Gasteiger partial charge >= 0.3 is 5.97 Å². The molecule has 0 aliphatic rings. The van der Waals surface area contributed by atoms with E-state index in [0.29, 0.717) is 22.0 Å². The summed E-state index contributed by atoms with van der Waals surface area (Å²) in [6.07, 6.45) is -0.264. The number of fused-ring (bicyclic) bond motifs is 1. The maximum atomic E-state index is 14.1. The van der Waals surface area contributed by atoms with Crippen molar-refractivity contribution in [2.75, 3.05) is 7.11 Å². The molecule has 190 valence electrons. The van der Waals surface area contributed by atoms with Crippen LogP contribution in [0.1, 0.15) is 22.0 Å². The third-order valence-corrected chi connectivity index (χ3v) is 6.24. The summed E-state index contributed by atoms with van der Waals surface area (Å²) >= 11 is 12.5. The number of nitrogens with zero attached hydrogens (tertiary/aromatic N) is 1. The van der Waals surface area contributed by atoms with Gasteiger partial charge in [0.15, 0.2) is 6.04 Å². The summed E-state index contributed by atoms with van der Waals surface area (Å²) < 4.78 is 46.7. The summed E-state index contributed by atoms with van der Waals surface area (Å²) in [5, 5.41) is 13.7. The zero-order valence-corrected chi connectivity index (χ0v) is 20.4. The molecule has 0 fully saturated rings. The van der Waals surface area contributed by atoms with Crippen LogP contribution in [0.4, 0.5) is 13.2 Å². The molecule has 2 atom stereocenters. The number of aromatic nitrogens is 1. The molecule has 0 aliphatic heterocycles. The van der Waals surface area contributed by atoms with Crippen LogP contribution in [0.25, 0.3) is 22.0 Å². The van der Waals surface area contributed by atoms with Gasteiger partial charge in [0, 0.05) is 22.7 Å². The molecule has 3 aromatic carbocycles. The molecule has 11 heteroatoms. The van der Waals surface area contributed by atoms with Crippen LogP contribution in [0.5, 0.6) is 0 Å². The van der Waals surface area contributed by atoms with E-state index in [-0.39, 0.29) is 15.6 Å². The third-order valence-electron chi connectivity index (χ3n) is 5.65. The van der Waals surface area contributed by atoms with Crippen LogP contribution in [-0.4, -0.2) is 35.1 Å². The number of amides is 1. The first-order valence-electron chi connectivity index (χ1n) is 10.7. The molecule has 0 aliphatic carbocycles. The van der Waals surface area contributed by atoms with Crippen LogP contribution in [0, 0.1) is 17.5 Å². The lowest BCUT2D eigenvalue weighted by atomic mass is 9.93. The average molecular weight is 549 g/mol. The molecule has 1 amide bonds. The minimum atomic E-state index is -1.75. The lowest BCUT2D eigenvalue weighted by Gasteiger charge is -2.24. The summed E-state index contributed by atoms with van der Waals surface area (Å²) in [4.78, 5) is 29.6. The molecular formula is C26H17Cl2F3N2O4. The van der Waals surface area contributed by atoms with E-state index < -0.39 is 47.0 Å². The molecule has 0 saturated carbocycles. The molecule has 0 radical (unpaired) electrons. The maximum absolute atomic E-state index is 14.1. The fraction of sp³-hybridized carbons (Fsp3) is 0.115. The van der Waals surface area contributed by atoms with Crippen molar-refractivity contribution >= 4 is 46.0 Å². The number of methoxy groups -OCH3 is 1. The van der Waals surface area contributed by atoms with Crippen molar-refractivity contribution in [1.82, 2.24) is 10.3 Å². The number of halogens is 5. The smallest absolute Gasteiger partial charge is 0.331 e. The second-order valence-electron chi connectivity index (χ2n) is 7.86. The third kappa shape index (κ3) is 5.11. The minimum absolute atomic E-state index is 0.0249. The van der Waals surface area contributed by atoms with Crippen LogP contribution in [-0.2, 0) is 9.53 Å². The molecule has 1 aromatic heterocycles. The Morgan fingerprint density at radius 2 is 1.65 bits per heavy atom. The first-order valence-corrected chi connectivity index (χ1v) is 11.4. The van der Waals surface area contributed by atoms with E-state index in [2.05, 4.69) is 10.3 Å². The van der Waals surface area contributed by atoms with E-state index in [9.17, 15) is 27.9 Å². The van der Waals surface area contributed by atoms with E-state index in [1.54, 1.807) is 12.1 Å². The van der Waals surface area contributed by atoms with Gasteiger partial charge in [-0.1, -0.05) is 47.5 Å². The van der Waals surface area contributed by atoms with Gasteiger partial charge in [0.25, 0.3) is 5.91 Å². The topological polar surface area (TPSA) is 88.5 Å². The number of carbonyl (C=O) groups is 2. The summed E-state index contributed by atoms with van der Waals surface area (Å²) in [6, 6.07) is 9.36. The van der Waals surface area contributed by atoms with Gasteiger partial charge < -0.3 is 15.2 Å². The Kier molecular flexibility index (Phi) is 7.68. The standard InChI is InChI=1S/C26H17Cl2F3N2O4/c1-37-26(36)23(33-25(35)21-18(30)5-2-6-19(21)31)24(34)14-7-8-15(22-13(14)4-3-9-32-22)20-16(27)10-12(29)11-17(20)28/h2-11,23-24,34H,1H3,(H,33,35)/t23-,24-/m0/s1. The molecule has 1 heterocycles. The second-order valence-corrected chi connectivity index (χ2v) is 8.68. The summed E-state index contributed by atoms with van der Waals surface area (Å²) in [7, 11) is 1.03. The lowest BCUT2D eigenvalue weighted by Crippen LogP contribution is -2.46. The van der Waals surface area contributed by atoms with Crippen molar-refractivity contribution in [2.45, 2.75) is 12.1 Å². The van der Waals surface area contributed by atoms with Crippen molar-refractivity contribution in [3.8, 4) is 11.1 Å². The fourth-order valence-electron chi connectivity index (χ4n) is 3.96. The molecule has 0 unspecified atom stereocenters. The summed E-state index contributed by atoms with van der Waals surface area (Å²) in [5.41, 5.74) is 0.206. The molecule has 4 rings (SSSR count). The highest BCUT2D eigenvalue weighted by atomic mass is 35.5. The Morgan fingerprint density at radius 3 is 2.27 bits per heavy atom. The predicted octanol–water partition coefficient (Wildman–Crippen LogP) is 5.63. The first-order chi connectivity index (χ1) is 17.6. The van der Waals surface area contributed by atoms with Gasteiger partial charge in [-0.3, -0.25) is 9.78 Å². The Hall–Kier alpha value is -3.66. The number of aliphatic hydroxyl groups excluding tert-OH is 1. The molecule has 0 spiro atoms. The van der Waals surface area contributed by atoms with Crippen LogP contribution >= 0.6 is 23.2 Å². The van der Waals surface area contributed by atoms with Gasteiger partial charge in [-0.05, 0) is 35.9 Å². The average Bonchev–Trinajstić information content (AvgIpc) is 2.85. The number of nitrogens with one attached hydrogen (secondary N) is 1. The summed E-state index contributed by atoms with van der Waals surface area (Å²) in [5.74, 6) is -5.27. The van der Waals surface area contributed by atoms with Gasteiger partial charge in [0.2, 0.25) is 0 Å². The van der Waals surface area contributed by atoms with Crippen molar-refractivity contribution in [2.24, 2.45) is 0 Å². The van der Waals surface area contributed by atoms with Crippen molar-refractivity contribution in [3.63, 3.8) is 0 Å². The van der Waals surface area contributed by atoms with Crippen LogP contribution in [0.3, 0.4) is 0 Å². The number of hydrogen-bond acceptors (Lipinski definition) is 5. The van der Waals surface area contributed by atoms with E-state index in [1.807, 2.05) is 0 Å². The fourth-order valence-corrected chi connectivity index (χ4v) is 4.62. The number of ether oxygens (including phenoxy) is 1. The van der Waals surface area contributed by atoms with Crippen LogP contribution in [0.15, 0.2) is 60.8 Å². The number of aliphatic hydroxyl groups is 1. The van der Waals surface area contributed by atoms with E-state index in [4.69, 9.17) is 27.9 Å². The Balaban J connectivity index is 1.80. The van der Waals surface area contributed by atoms with Crippen LogP contribution in [0.2, 0.25) is 10.0 Å². The highest BCUT2D eigenvalue weighted by Crippen LogP contribution is 2.40. The molecular weight excluding hydrogens is 532 g/mol. The van der Waals surface area contributed by atoms with Crippen LogP contribution < -0.4 is 5.32 Å². The molecule has 0 saturated heterocycles. The molecule has 37 heavy (non-hydrogen) atoms. The lowest BCUT2D eigenvalue weighted by molar-refractivity contribution is -0.146. The highest BCUT2D eigenvalue weighted by Gasteiger charge is 2.34. The first kappa shape index (κ1) is 26.4. The van der Waals surface area contributed by atoms with Gasteiger partial charge in [0.05, 0.1) is 22.7 Å². The number of pyridine rings is 1.